The lowest BCUT2D eigenvalue weighted by Gasteiger charge is -2.27. The van der Waals surface area contributed by atoms with E-state index in [4.69, 9.17) is 0 Å². The van der Waals surface area contributed by atoms with Gasteiger partial charge in [-0.25, -0.2) is 0 Å². The molecule has 6 N–H and O–H groups in total. The summed E-state index contributed by atoms with van der Waals surface area (Å²) in [6.45, 7) is 19.3. The number of rotatable bonds is 8. The van der Waals surface area contributed by atoms with E-state index < -0.39 is 11.8 Å². The zero-order valence-corrected chi connectivity index (χ0v) is 33.5. The van der Waals surface area contributed by atoms with Crippen LogP contribution in [0.2, 0.25) is 0 Å². The standard InChI is InChI=1S/C49H52O6/c1-24-19-34(22-40(48(24)54)46(36-11-15-42(50)30(7)26(36)3)37-12-16-43(51)31(8)27(37)4)21-35-20-25(2)49(55)41(23-35)47(38-13-17-44(52)32(9)28(38)5)39-14-18-45(53)33(10)29(39)6/h11-20,22-23,46-47,50-55H,21H2,1-10H3. The third kappa shape index (κ3) is 6.86. The number of phenols is 6. The molecule has 6 aromatic carbocycles. The van der Waals surface area contributed by atoms with Crippen molar-refractivity contribution in [1.29, 1.82) is 0 Å². The zero-order valence-electron chi connectivity index (χ0n) is 33.5. The van der Waals surface area contributed by atoms with E-state index in [9.17, 15) is 30.6 Å². The van der Waals surface area contributed by atoms with E-state index in [1.54, 1.807) is 24.3 Å². The molecule has 284 valence electrons. The second kappa shape index (κ2) is 14.7. The van der Waals surface area contributed by atoms with E-state index in [-0.39, 0.29) is 34.5 Å². The van der Waals surface area contributed by atoms with Crippen molar-refractivity contribution in [2.24, 2.45) is 0 Å². The molecule has 0 saturated carbocycles. The molecule has 0 bridgehead atoms. The number of aromatic hydroxyl groups is 6. The van der Waals surface area contributed by atoms with Crippen molar-refractivity contribution in [3.05, 3.63) is 173 Å². The predicted octanol–water partition coefficient (Wildman–Crippen LogP) is 11.0. The minimum absolute atomic E-state index is 0.183. The summed E-state index contributed by atoms with van der Waals surface area (Å²) in [7, 11) is 0. The molecule has 0 atom stereocenters. The zero-order chi connectivity index (χ0) is 40.2. The summed E-state index contributed by atoms with van der Waals surface area (Å²) in [5.41, 5.74) is 15.3. The number of hydrogen-bond donors (Lipinski definition) is 6. The first-order chi connectivity index (χ1) is 25.9. The quantitative estimate of drug-likeness (QED) is 0.0865. The number of hydrogen-bond acceptors (Lipinski definition) is 6. The van der Waals surface area contributed by atoms with Gasteiger partial charge in [-0.1, -0.05) is 48.5 Å². The lowest BCUT2D eigenvalue weighted by molar-refractivity contribution is 0.461. The van der Waals surface area contributed by atoms with Crippen LogP contribution in [-0.2, 0) is 6.42 Å². The van der Waals surface area contributed by atoms with Crippen molar-refractivity contribution in [1.82, 2.24) is 0 Å². The number of phenolic OH excluding ortho intramolecular Hbond substituents is 6. The molecular formula is C49H52O6. The summed E-state index contributed by atoms with van der Waals surface area (Å²) in [6.07, 6.45) is 0.504. The van der Waals surface area contributed by atoms with Crippen molar-refractivity contribution in [2.75, 3.05) is 0 Å². The van der Waals surface area contributed by atoms with Gasteiger partial charge >= 0.3 is 0 Å². The Hall–Kier alpha value is -5.88. The molecule has 0 amide bonds. The van der Waals surface area contributed by atoms with E-state index in [2.05, 4.69) is 12.1 Å². The lowest BCUT2D eigenvalue weighted by Crippen LogP contribution is -2.11. The van der Waals surface area contributed by atoms with Gasteiger partial charge in [0.2, 0.25) is 0 Å². The molecule has 0 aliphatic carbocycles. The molecule has 55 heavy (non-hydrogen) atoms. The average molecular weight is 737 g/mol. The van der Waals surface area contributed by atoms with Gasteiger partial charge in [0.05, 0.1) is 0 Å². The maximum Gasteiger partial charge on any atom is 0.122 e. The first-order valence-corrected chi connectivity index (χ1v) is 18.7. The molecule has 0 saturated heterocycles. The smallest absolute Gasteiger partial charge is 0.122 e. The molecule has 0 fully saturated rings. The summed E-state index contributed by atoms with van der Waals surface area (Å²) in [5.74, 6) is 0.394. The minimum Gasteiger partial charge on any atom is -0.508 e. The largest absolute Gasteiger partial charge is 0.508 e. The average Bonchev–Trinajstić information content (AvgIpc) is 3.14. The van der Waals surface area contributed by atoms with Gasteiger partial charge in [0.25, 0.3) is 0 Å². The Bertz CT molecular complexity index is 2200. The van der Waals surface area contributed by atoms with Crippen molar-refractivity contribution < 1.29 is 30.6 Å². The van der Waals surface area contributed by atoms with E-state index >= 15 is 0 Å². The maximum atomic E-state index is 11.8. The highest BCUT2D eigenvalue weighted by atomic mass is 16.3. The van der Waals surface area contributed by atoms with Crippen molar-refractivity contribution >= 4 is 0 Å². The highest BCUT2D eigenvalue weighted by Crippen LogP contribution is 2.46. The first kappa shape index (κ1) is 38.8. The van der Waals surface area contributed by atoms with E-state index in [1.807, 2.05) is 106 Å². The summed E-state index contributed by atoms with van der Waals surface area (Å²) < 4.78 is 0. The Morgan fingerprint density at radius 2 is 0.582 bits per heavy atom. The molecule has 0 unspecified atom stereocenters. The Balaban J connectivity index is 1.55. The van der Waals surface area contributed by atoms with Crippen molar-refractivity contribution in [3.63, 3.8) is 0 Å². The molecule has 6 nitrogen and oxygen atoms in total. The van der Waals surface area contributed by atoms with E-state index in [0.717, 1.165) is 100 Å². The molecule has 6 aromatic rings. The van der Waals surface area contributed by atoms with Gasteiger partial charge in [-0.05, 0) is 189 Å². The molecule has 0 radical (unpaired) electrons. The van der Waals surface area contributed by atoms with Crippen LogP contribution in [0.25, 0.3) is 0 Å². The topological polar surface area (TPSA) is 121 Å². The van der Waals surface area contributed by atoms with Crippen LogP contribution in [0, 0.1) is 69.2 Å². The van der Waals surface area contributed by atoms with Gasteiger partial charge < -0.3 is 30.6 Å². The fraction of sp³-hybridized carbons (Fsp3) is 0.265. The molecule has 0 aromatic heterocycles. The fourth-order valence-corrected chi connectivity index (χ4v) is 8.21. The van der Waals surface area contributed by atoms with Gasteiger partial charge in [-0.2, -0.15) is 0 Å². The highest BCUT2D eigenvalue weighted by molar-refractivity contribution is 5.62. The van der Waals surface area contributed by atoms with Crippen LogP contribution in [0.4, 0.5) is 0 Å². The summed E-state index contributed by atoms with van der Waals surface area (Å²) in [4.78, 5) is 0. The number of benzene rings is 6. The predicted molar refractivity (Wildman–Crippen MR) is 221 cm³/mol. The Morgan fingerprint density at radius 1 is 0.327 bits per heavy atom. The van der Waals surface area contributed by atoms with Crippen LogP contribution in [-0.4, -0.2) is 30.6 Å². The van der Waals surface area contributed by atoms with Crippen molar-refractivity contribution in [2.45, 2.75) is 87.5 Å². The first-order valence-electron chi connectivity index (χ1n) is 18.7. The molecule has 6 heteroatoms. The Labute approximate surface area is 324 Å². The molecule has 0 aliphatic heterocycles. The summed E-state index contributed by atoms with van der Waals surface area (Å²) >= 11 is 0. The van der Waals surface area contributed by atoms with Crippen LogP contribution < -0.4 is 0 Å². The second-order valence-corrected chi connectivity index (χ2v) is 15.4. The van der Waals surface area contributed by atoms with Gasteiger partial charge in [0.1, 0.15) is 34.5 Å². The monoisotopic (exact) mass is 736 g/mol. The van der Waals surface area contributed by atoms with Crippen LogP contribution in [0.3, 0.4) is 0 Å². The highest BCUT2D eigenvalue weighted by Gasteiger charge is 2.29. The fourth-order valence-electron chi connectivity index (χ4n) is 8.21. The van der Waals surface area contributed by atoms with E-state index in [1.165, 1.54) is 0 Å². The van der Waals surface area contributed by atoms with Gasteiger partial charge in [-0.3, -0.25) is 0 Å². The second-order valence-electron chi connectivity index (χ2n) is 15.4. The molecular weight excluding hydrogens is 685 g/mol. The molecule has 6 rings (SSSR count). The van der Waals surface area contributed by atoms with Crippen LogP contribution >= 0.6 is 0 Å². The SMILES string of the molecule is Cc1cc(Cc2cc(C)c(O)c(C(c3ccc(O)c(C)c3C)c3ccc(O)c(C)c3C)c2)cc(C(c2ccc(O)c(C)c2C)c2ccc(O)c(C)c2C)c1O. The molecule has 0 aliphatic rings. The lowest BCUT2D eigenvalue weighted by atomic mass is 9.77. The third-order valence-corrected chi connectivity index (χ3v) is 12.3. The summed E-state index contributed by atoms with van der Waals surface area (Å²) in [6, 6.07) is 22.6. The summed E-state index contributed by atoms with van der Waals surface area (Å²) in [5, 5.41) is 66.0. The van der Waals surface area contributed by atoms with Gasteiger partial charge in [-0.15, -0.1) is 0 Å². The molecule has 0 spiro atoms. The maximum absolute atomic E-state index is 11.8. The van der Waals surface area contributed by atoms with Crippen LogP contribution in [0.1, 0.15) is 112 Å². The number of aryl methyl sites for hydroxylation is 2. The van der Waals surface area contributed by atoms with E-state index in [0.29, 0.717) is 6.42 Å². The molecule has 0 heterocycles. The van der Waals surface area contributed by atoms with Gasteiger partial charge in [0.15, 0.2) is 0 Å². The normalized spacial score (nSPS) is 11.6. The Kier molecular flexibility index (Phi) is 10.4. The van der Waals surface area contributed by atoms with Gasteiger partial charge in [0, 0.05) is 23.0 Å². The van der Waals surface area contributed by atoms with Crippen molar-refractivity contribution in [3.8, 4) is 34.5 Å². The third-order valence-electron chi connectivity index (χ3n) is 12.3. The van der Waals surface area contributed by atoms with Crippen LogP contribution in [0.15, 0.2) is 72.8 Å². The van der Waals surface area contributed by atoms with Crippen LogP contribution in [0.5, 0.6) is 34.5 Å². The Morgan fingerprint density at radius 3 is 0.836 bits per heavy atom. The minimum atomic E-state index is -0.403.